The largest absolute Gasteiger partial charge is 0.384 e. The summed E-state index contributed by atoms with van der Waals surface area (Å²) >= 11 is 1.77. The van der Waals surface area contributed by atoms with Crippen LogP contribution < -0.4 is 0 Å². The van der Waals surface area contributed by atoms with Gasteiger partial charge in [0, 0.05) is 49.7 Å². The van der Waals surface area contributed by atoms with Crippen molar-refractivity contribution in [2.45, 2.75) is 39.3 Å². The van der Waals surface area contributed by atoms with Gasteiger partial charge in [-0.25, -0.2) is 4.98 Å². The van der Waals surface area contributed by atoms with Crippen LogP contribution in [0.5, 0.6) is 0 Å². The summed E-state index contributed by atoms with van der Waals surface area (Å²) in [5.74, 6) is 0.318. The summed E-state index contributed by atoms with van der Waals surface area (Å²) in [6, 6.07) is 0. The Morgan fingerprint density at radius 1 is 1.35 bits per heavy atom. The number of thiazole rings is 1. The minimum atomic E-state index is -0.892. The molecule has 0 aliphatic carbocycles. The molecule has 1 unspecified atom stereocenters. The summed E-state index contributed by atoms with van der Waals surface area (Å²) < 4.78 is 0. The zero-order chi connectivity index (χ0) is 14.7. The van der Waals surface area contributed by atoms with E-state index in [0.29, 0.717) is 19.0 Å². The zero-order valence-corrected chi connectivity index (χ0v) is 13.2. The Labute approximate surface area is 124 Å². The monoisotopic (exact) mass is 297 g/mol. The number of aromatic nitrogens is 1. The number of carbonyl (C=O) groups excluding carboxylic acids is 1. The van der Waals surface area contributed by atoms with E-state index in [1.54, 1.807) is 16.2 Å². The fraction of sp³-hybridized carbons (Fsp3) is 0.714. The molecule has 1 N–H and O–H groups in total. The van der Waals surface area contributed by atoms with Gasteiger partial charge >= 0.3 is 0 Å². The smallest absolute Gasteiger partial charge is 0.251 e. The van der Waals surface area contributed by atoms with Crippen LogP contribution in [0.1, 0.15) is 36.6 Å². The molecule has 1 saturated heterocycles. The molecule has 5 nitrogen and oxygen atoms in total. The summed E-state index contributed by atoms with van der Waals surface area (Å²) in [5, 5.41) is 10.5. The minimum Gasteiger partial charge on any atom is -0.384 e. The van der Waals surface area contributed by atoms with Crippen molar-refractivity contribution in [2.24, 2.45) is 0 Å². The van der Waals surface area contributed by atoms with Crippen molar-refractivity contribution in [3.63, 3.8) is 0 Å². The molecule has 0 saturated carbocycles. The number of nitrogens with zero attached hydrogens (tertiary/aromatic N) is 3. The van der Waals surface area contributed by atoms with Gasteiger partial charge in [0.15, 0.2) is 0 Å². The SMILES string of the molecule is CC(O)C(=O)N1CCN(Cc2cnc(C(C)C)s2)CC1. The third kappa shape index (κ3) is 3.77. The Balaban J connectivity index is 1.83. The van der Waals surface area contributed by atoms with Gasteiger partial charge in [0.1, 0.15) is 6.10 Å². The van der Waals surface area contributed by atoms with Crippen molar-refractivity contribution in [3.05, 3.63) is 16.1 Å². The number of aliphatic hydroxyl groups is 1. The van der Waals surface area contributed by atoms with E-state index < -0.39 is 6.10 Å². The first kappa shape index (κ1) is 15.4. The van der Waals surface area contributed by atoms with Gasteiger partial charge in [-0.3, -0.25) is 9.69 Å². The summed E-state index contributed by atoms with van der Waals surface area (Å²) in [6.45, 7) is 9.84. The Morgan fingerprint density at radius 3 is 2.50 bits per heavy atom. The van der Waals surface area contributed by atoms with Crippen LogP contribution in [0, 0.1) is 0 Å². The molecular weight excluding hydrogens is 274 g/mol. The Bertz CT molecular complexity index is 451. The first-order valence-electron chi connectivity index (χ1n) is 7.11. The van der Waals surface area contributed by atoms with Gasteiger partial charge in [0.05, 0.1) is 5.01 Å². The van der Waals surface area contributed by atoms with E-state index in [1.807, 2.05) is 6.20 Å². The zero-order valence-electron chi connectivity index (χ0n) is 12.4. The highest BCUT2D eigenvalue weighted by Gasteiger charge is 2.24. The summed E-state index contributed by atoms with van der Waals surface area (Å²) in [7, 11) is 0. The maximum atomic E-state index is 11.7. The molecule has 0 bridgehead atoms. The summed E-state index contributed by atoms with van der Waals surface area (Å²) in [4.78, 5) is 21.5. The fourth-order valence-electron chi connectivity index (χ4n) is 2.27. The molecule has 1 fully saturated rings. The maximum absolute atomic E-state index is 11.7. The topological polar surface area (TPSA) is 56.7 Å². The van der Waals surface area contributed by atoms with Crippen molar-refractivity contribution in [2.75, 3.05) is 26.2 Å². The van der Waals surface area contributed by atoms with E-state index in [9.17, 15) is 9.90 Å². The normalized spacial score (nSPS) is 18.6. The minimum absolute atomic E-state index is 0.162. The number of rotatable bonds is 4. The first-order valence-corrected chi connectivity index (χ1v) is 7.93. The highest BCUT2D eigenvalue weighted by atomic mass is 32.1. The second-order valence-corrected chi connectivity index (χ2v) is 6.74. The molecule has 0 aromatic carbocycles. The van der Waals surface area contributed by atoms with Crippen LogP contribution >= 0.6 is 11.3 Å². The molecule has 2 heterocycles. The molecule has 1 aromatic rings. The second kappa shape index (κ2) is 6.65. The molecule has 1 aliphatic rings. The third-order valence-corrected chi connectivity index (χ3v) is 4.77. The van der Waals surface area contributed by atoms with Gasteiger partial charge in [0.2, 0.25) is 0 Å². The third-order valence-electron chi connectivity index (χ3n) is 3.49. The van der Waals surface area contributed by atoms with Crippen LogP contribution in [-0.2, 0) is 11.3 Å². The molecule has 1 aromatic heterocycles. The quantitative estimate of drug-likeness (QED) is 0.910. The summed E-state index contributed by atoms with van der Waals surface area (Å²) in [6.07, 6.45) is 1.07. The van der Waals surface area contributed by atoms with Crippen molar-refractivity contribution in [3.8, 4) is 0 Å². The number of amides is 1. The second-order valence-electron chi connectivity index (χ2n) is 5.60. The summed E-state index contributed by atoms with van der Waals surface area (Å²) in [5.41, 5.74) is 0. The molecule has 0 spiro atoms. The molecule has 112 valence electrons. The van der Waals surface area contributed by atoms with Gasteiger partial charge < -0.3 is 10.0 Å². The highest BCUT2D eigenvalue weighted by Crippen LogP contribution is 2.22. The standard InChI is InChI=1S/C14H23N3O2S/c1-10(2)13-15-8-12(20-13)9-16-4-6-17(7-5-16)14(19)11(3)18/h8,10-11,18H,4-7,9H2,1-3H3. The predicted molar refractivity (Wildman–Crippen MR) is 79.7 cm³/mol. The van der Waals surface area contributed by atoms with Crippen LogP contribution in [0.25, 0.3) is 0 Å². The van der Waals surface area contributed by atoms with Crippen LogP contribution in [-0.4, -0.2) is 58.1 Å². The lowest BCUT2D eigenvalue weighted by Crippen LogP contribution is -2.50. The molecule has 20 heavy (non-hydrogen) atoms. The van der Waals surface area contributed by atoms with Crippen LogP contribution in [0.4, 0.5) is 0 Å². The van der Waals surface area contributed by atoms with Crippen molar-refractivity contribution in [1.29, 1.82) is 0 Å². The lowest BCUT2D eigenvalue weighted by atomic mass is 10.2. The lowest BCUT2D eigenvalue weighted by Gasteiger charge is -2.35. The van der Waals surface area contributed by atoms with E-state index in [2.05, 4.69) is 23.7 Å². The predicted octanol–water partition coefficient (Wildman–Crippen LogP) is 1.29. The van der Waals surface area contributed by atoms with Crippen LogP contribution in [0.15, 0.2) is 6.20 Å². The van der Waals surface area contributed by atoms with Crippen molar-refractivity contribution < 1.29 is 9.90 Å². The van der Waals surface area contributed by atoms with E-state index >= 15 is 0 Å². The first-order chi connectivity index (χ1) is 9.47. The van der Waals surface area contributed by atoms with E-state index in [0.717, 1.165) is 19.6 Å². The Morgan fingerprint density at radius 2 is 2.00 bits per heavy atom. The van der Waals surface area contributed by atoms with Gasteiger partial charge in [-0.15, -0.1) is 11.3 Å². The number of hydrogen-bond acceptors (Lipinski definition) is 5. The van der Waals surface area contributed by atoms with Crippen molar-refractivity contribution >= 4 is 17.2 Å². The molecule has 1 amide bonds. The average Bonchev–Trinajstić information content (AvgIpc) is 2.87. The molecule has 1 aliphatic heterocycles. The highest BCUT2D eigenvalue weighted by molar-refractivity contribution is 7.11. The number of aliphatic hydroxyl groups excluding tert-OH is 1. The maximum Gasteiger partial charge on any atom is 0.251 e. The van der Waals surface area contributed by atoms with Gasteiger partial charge in [0.25, 0.3) is 5.91 Å². The number of hydrogen-bond donors (Lipinski definition) is 1. The average molecular weight is 297 g/mol. The lowest BCUT2D eigenvalue weighted by molar-refractivity contribution is -0.141. The fourth-order valence-corrected chi connectivity index (χ4v) is 3.24. The van der Waals surface area contributed by atoms with Gasteiger partial charge in [-0.05, 0) is 6.92 Å². The van der Waals surface area contributed by atoms with E-state index in [4.69, 9.17) is 0 Å². The Hall–Kier alpha value is -0.980. The van der Waals surface area contributed by atoms with Crippen LogP contribution in [0.3, 0.4) is 0 Å². The number of carbonyl (C=O) groups is 1. The molecule has 2 rings (SSSR count). The Kier molecular flexibility index (Phi) is 5.12. The van der Waals surface area contributed by atoms with Gasteiger partial charge in [-0.2, -0.15) is 0 Å². The van der Waals surface area contributed by atoms with Gasteiger partial charge in [-0.1, -0.05) is 13.8 Å². The number of piperazine rings is 1. The molecular formula is C14H23N3O2S. The van der Waals surface area contributed by atoms with Crippen LogP contribution in [0.2, 0.25) is 0 Å². The molecule has 0 radical (unpaired) electrons. The molecule has 6 heteroatoms. The molecule has 1 atom stereocenters. The van der Waals surface area contributed by atoms with Crippen molar-refractivity contribution in [1.82, 2.24) is 14.8 Å². The van der Waals surface area contributed by atoms with E-state index in [-0.39, 0.29) is 5.91 Å². The van der Waals surface area contributed by atoms with E-state index in [1.165, 1.54) is 16.8 Å².